The second kappa shape index (κ2) is 13.8. The summed E-state index contributed by atoms with van der Waals surface area (Å²) in [5.74, 6) is -2.80. The van der Waals surface area contributed by atoms with Crippen molar-refractivity contribution in [3.63, 3.8) is 0 Å². The van der Waals surface area contributed by atoms with Crippen LogP contribution in [0.25, 0.3) is 0 Å². The van der Waals surface area contributed by atoms with Crippen LogP contribution >= 0.6 is 15.9 Å². The Morgan fingerprint density at radius 3 is 2.09 bits per heavy atom. The molecule has 0 saturated carbocycles. The normalized spacial score (nSPS) is 17.7. The molecule has 33 heavy (non-hydrogen) atoms. The average molecular weight is 528 g/mol. The highest BCUT2D eigenvalue weighted by atomic mass is 79.9. The van der Waals surface area contributed by atoms with Crippen LogP contribution in [0, 0.1) is 0 Å². The molecule has 0 bridgehead atoms. The first-order valence-electron chi connectivity index (χ1n) is 10.6. The summed E-state index contributed by atoms with van der Waals surface area (Å²) in [5, 5.41) is 27.6. The number of pyridine rings is 1. The van der Waals surface area contributed by atoms with E-state index in [1.165, 1.54) is 0 Å². The van der Waals surface area contributed by atoms with Gasteiger partial charge in [0.1, 0.15) is 11.1 Å². The van der Waals surface area contributed by atoms with Crippen LogP contribution < -0.4 is 0 Å². The summed E-state index contributed by atoms with van der Waals surface area (Å²) in [5.41, 5.74) is 0.815. The molecule has 2 heterocycles. The van der Waals surface area contributed by atoms with Gasteiger partial charge in [-0.1, -0.05) is 6.07 Å². The van der Waals surface area contributed by atoms with Crippen molar-refractivity contribution < 1.29 is 29.7 Å². The van der Waals surface area contributed by atoms with E-state index in [0.29, 0.717) is 57.0 Å². The van der Waals surface area contributed by atoms with Crippen molar-refractivity contribution in [1.29, 1.82) is 0 Å². The zero-order valence-electron chi connectivity index (χ0n) is 18.3. The molecule has 0 spiro atoms. The minimum atomic E-state index is -0.961. The third kappa shape index (κ3) is 11.1. The van der Waals surface area contributed by atoms with Gasteiger partial charge in [-0.25, -0.2) is 4.98 Å². The molecule has 1 aromatic rings. The second-order valence-electron chi connectivity index (χ2n) is 7.74. The third-order valence-electron chi connectivity index (χ3n) is 5.10. The number of rotatable bonds is 9. The summed E-state index contributed by atoms with van der Waals surface area (Å²) in [4.78, 5) is 45.6. The molecule has 0 fully saturated rings. The van der Waals surface area contributed by atoms with Crippen LogP contribution in [0.3, 0.4) is 0 Å². The van der Waals surface area contributed by atoms with Crippen molar-refractivity contribution in [3.8, 4) is 0 Å². The maximum Gasteiger partial charge on any atom is 0.323 e. The van der Waals surface area contributed by atoms with Gasteiger partial charge in [0.15, 0.2) is 0 Å². The molecule has 2 rings (SSSR count). The Morgan fingerprint density at radius 2 is 1.42 bits per heavy atom. The van der Waals surface area contributed by atoms with E-state index in [1.807, 2.05) is 32.9 Å². The van der Waals surface area contributed by atoms with Crippen LogP contribution in [-0.4, -0.2) is 117 Å². The molecule has 0 aromatic carbocycles. The lowest BCUT2D eigenvalue weighted by molar-refractivity contribution is -0.139. The molecular weight excluding hydrogens is 498 g/mol. The van der Waals surface area contributed by atoms with Gasteiger partial charge in [0.05, 0.1) is 25.2 Å². The fourth-order valence-electron chi connectivity index (χ4n) is 3.39. The first-order valence-corrected chi connectivity index (χ1v) is 11.4. The molecule has 0 unspecified atom stereocenters. The lowest BCUT2D eigenvalue weighted by Crippen LogP contribution is -2.44. The fraction of sp³-hybridized carbons (Fsp3) is 0.524. The predicted octanol–water partition coefficient (Wildman–Crippen LogP) is 0.681. The summed E-state index contributed by atoms with van der Waals surface area (Å²) in [6, 6.07) is 5.60. The average Bonchev–Trinajstić information content (AvgIpc) is 2.72. The van der Waals surface area contributed by atoms with Gasteiger partial charge >= 0.3 is 17.9 Å². The molecular formula is C21H30BrN5O6. The summed E-state index contributed by atoms with van der Waals surface area (Å²) in [6.07, 6.45) is 3.47. The van der Waals surface area contributed by atoms with Crippen LogP contribution in [0.5, 0.6) is 0 Å². The highest BCUT2D eigenvalue weighted by Gasteiger charge is 2.17. The molecule has 1 aliphatic heterocycles. The molecule has 0 atom stereocenters. The number of aromatic nitrogens is 1. The molecule has 11 nitrogen and oxygen atoms in total. The monoisotopic (exact) mass is 527 g/mol. The molecule has 12 heteroatoms. The highest BCUT2D eigenvalue weighted by molar-refractivity contribution is 9.10. The zero-order valence-corrected chi connectivity index (χ0v) is 19.9. The van der Waals surface area contributed by atoms with Crippen molar-refractivity contribution >= 4 is 33.8 Å². The van der Waals surface area contributed by atoms with E-state index in [9.17, 15) is 24.6 Å². The van der Waals surface area contributed by atoms with E-state index in [1.54, 1.807) is 17.3 Å². The molecule has 0 amide bonds. The van der Waals surface area contributed by atoms with Gasteiger partial charge in [-0.05, 0) is 28.1 Å². The zero-order chi connectivity index (χ0) is 24.2. The van der Waals surface area contributed by atoms with Crippen molar-refractivity contribution in [3.05, 3.63) is 40.9 Å². The quantitative estimate of drug-likeness (QED) is 0.390. The topological polar surface area (TPSA) is 138 Å². The smallest absolute Gasteiger partial charge is 0.323 e. The van der Waals surface area contributed by atoms with Crippen LogP contribution in [0.1, 0.15) is 12.1 Å². The van der Waals surface area contributed by atoms with E-state index in [0.717, 1.165) is 5.69 Å². The maximum absolute atomic E-state index is 11.4. The lowest BCUT2D eigenvalue weighted by atomic mass is 10.3. The van der Waals surface area contributed by atoms with Crippen molar-refractivity contribution in [2.45, 2.75) is 13.0 Å². The first kappa shape index (κ1) is 26.6. The van der Waals surface area contributed by atoms with E-state index < -0.39 is 17.9 Å². The number of carbonyl (C=O) groups is 3. The third-order valence-corrected chi connectivity index (χ3v) is 5.55. The number of nitrogens with zero attached hydrogens (tertiary/aromatic N) is 5. The molecule has 1 aromatic heterocycles. The summed E-state index contributed by atoms with van der Waals surface area (Å²) < 4.78 is 0.708. The summed E-state index contributed by atoms with van der Waals surface area (Å²) in [6.45, 7) is 3.25. The predicted molar refractivity (Wildman–Crippen MR) is 123 cm³/mol. The maximum atomic E-state index is 11.4. The van der Waals surface area contributed by atoms with Gasteiger partial charge in [-0.3, -0.25) is 24.2 Å². The Balaban J connectivity index is 2.22. The largest absolute Gasteiger partial charge is 0.481 e. The van der Waals surface area contributed by atoms with Gasteiger partial charge in [-0.15, -0.1) is 0 Å². The van der Waals surface area contributed by atoms with Crippen molar-refractivity contribution in [1.82, 2.24) is 24.6 Å². The minimum Gasteiger partial charge on any atom is -0.481 e. The first-order chi connectivity index (χ1) is 15.7. The Hall–Kier alpha value is -2.70. The van der Waals surface area contributed by atoms with E-state index in [4.69, 9.17) is 5.11 Å². The lowest BCUT2D eigenvalue weighted by Gasteiger charge is -2.31. The van der Waals surface area contributed by atoms with Gasteiger partial charge in [0, 0.05) is 58.2 Å². The Labute approximate surface area is 201 Å². The summed E-state index contributed by atoms with van der Waals surface area (Å²) in [7, 11) is 0. The number of hydrogen-bond acceptors (Lipinski definition) is 8. The highest BCUT2D eigenvalue weighted by Crippen LogP contribution is 2.10. The van der Waals surface area contributed by atoms with E-state index in [2.05, 4.69) is 20.9 Å². The number of hydrogen-bond donors (Lipinski definition) is 3. The number of carboxylic acids is 3. The van der Waals surface area contributed by atoms with Crippen LogP contribution in [0.4, 0.5) is 0 Å². The molecule has 3 N–H and O–H groups in total. The SMILES string of the molecule is O=C(O)CCN1CCN(CC(=O)O)/C=C\N(Cc2cccc(Br)n2)CCN(CC(=O)O)CC1. The van der Waals surface area contributed by atoms with Crippen LogP contribution in [0.2, 0.25) is 0 Å². The van der Waals surface area contributed by atoms with E-state index in [-0.39, 0.29) is 19.5 Å². The van der Waals surface area contributed by atoms with Gasteiger partial charge in [-0.2, -0.15) is 0 Å². The van der Waals surface area contributed by atoms with Crippen molar-refractivity contribution in [2.24, 2.45) is 0 Å². The Kier molecular flexibility index (Phi) is 11.1. The Morgan fingerprint density at radius 1 is 0.818 bits per heavy atom. The molecule has 1 aliphatic rings. The number of halogens is 1. The van der Waals surface area contributed by atoms with Crippen molar-refractivity contribution in [2.75, 3.05) is 58.9 Å². The fourth-order valence-corrected chi connectivity index (χ4v) is 3.77. The minimum absolute atomic E-state index is 0.0406. The standard InChI is InChI=1S/C21H30BrN5O6/c22-18-3-1-2-17(23-18)14-25-10-12-26(15-20(30)31)8-6-24(5-4-19(28)29)7-9-27(13-11-25)16-21(32)33/h1-3,10,12H,4-9,11,13-16H2,(H,28,29)(H,30,31)(H,32,33)/b12-10-. The van der Waals surface area contributed by atoms with Crippen LogP contribution in [-0.2, 0) is 20.9 Å². The number of aliphatic carboxylic acids is 3. The molecule has 182 valence electrons. The van der Waals surface area contributed by atoms with E-state index >= 15 is 0 Å². The van der Waals surface area contributed by atoms with Gasteiger partial charge in [0.2, 0.25) is 0 Å². The molecule has 0 radical (unpaired) electrons. The van der Waals surface area contributed by atoms with Gasteiger partial charge in [0.25, 0.3) is 0 Å². The van der Waals surface area contributed by atoms with Crippen LogP contribution in [0.15, 0.2) is 35.2 Å². The Bertz CT molecular complexity index is 839. The second-order valence-corrected chi connectivity index (χ2v) is 8.55. The summed E-state index contributed by atoms with van der Waals surface area (Å²) >= 11 is 3.36. The van der Waals surface area contributed by atoms with Gasteiger partial charge < -0.3 is 25.1 Å². The molecule has 0 saturated heterocycles. The number of carboxylic acid groups (broad SMARTS) is 3. The molecule has 0 aliphatic carbocycles.